The second-order valence-electron chi connectivity index (χ2n) is 2.79. The average Bonchev–Trinajstić information content (AvgIpc) is 1.78. The molecule has 66 valence electrons. The van der Waals surface area contributed by atoms with Gasteiger partial charge in [-0.3, -0.25) is 0 Å². The molecule has 0 aliphatic heterocycles. The Kier molecular flexibility index (Phi) is 4.23. The number of hydrogen-bond acceptors (Lipinski definition) is 0. The van der Waals surface area contributed by atoms with Crippen molar-refractivity contribution in [3.05, 3.63) is 11.6 Å². The Balaban J connectivity index is 3.36. The van der Waals surface area contributed by atoms with Crippen LogP contribution in [-0.2, 0) is 0 Å². The summed E-state index contributed by atoms with van der Waals surface area (Å²) < 4.78 is 34.7. The number of rotatable bonds is 3. The highest BCUT2D eigenvalue weighted by Gasteiger charge is 2.25. The highest BCUT2D eigenvalue weighted by Crippen LogP contribution is 2.22. The minimum atomic E-state index is -3.99. The molecule has 0 atom stereocenters. The molecule has 0 aromatic carbocycles. The predicted molar refractivity (Wildman–Crippen MR) is 39.3 cm³/mol. The van der Waals surface area contributed by atoms with Gasteiger partial charge in [0.2, 0.25) is 0 Å². The van der Waals surface area contributed by atoms with Crippen LogP contribution in [0.2, 0.25) is 0 Å². The van der Waals surface area contributed by atoms with Gasteiger partial charge in [-0.15, -0.1) is 0 Å². The van der Waals surface area contributed by atoms with E-state index in [1.54, 1.807) is 0 Å². The van der Waals surface area contributed by atoms with E-state index >= 15 is 0 Å². The van der Waals surface area contributed by atoms with Gasteiger partial charge >= 0.3 is 6.18 Å². The predicted octanol–water partition coefficient (Wildman–Crippen LogP) is 3.69. The molecular weight excluding hydrogens is 153 g/mol. The molecule has 3 heteroatoms. The van der Waals surface area contributed by atoms with Crippen molar-refractivity contribution in [1.82, 2.24) is 0 Å². The zero-order chi connectivity index (χ0) is 8.91. The quantitative estimate of drug-likeness (QED) is 0.443. The fourth-order valence-corrected chi connectivity index (χ4v) is 0.693. The Morgan fingerprint density at radius 3 is 2.18 bits per heavy atom. The summed E-state index contributed by atoms with van der Waals surface area (Å²) in [6.45, 7) is 3.77. The Hall–Kier alpha value is -0.470. The van der Waals surface area contributed by atoms with Crippen molar-refractivity contribution in [2.45, 2.75) is 39.3 Å². The highest BCUT2D eigenvalue weighted by atomic mass is 19.4. The lowest BCUT2D eigenvalue weighted by atomic mass is 10.2. The van der Waals surface area contributed by atoms with E-state index in [-0.39, 0.29) is 6.42 Å². The summed E-state index contributed by atoms with van der Waals surface area (Å²) in [7, 11) is 0. The standard InChI is InChI=1S/C8H13F3/c1-7(2)5-3-4-6-8(9,10)11/h5H,3-4,6H2,1-2H3. The molecule has 0 amide bonds. The number of hydrogen-bond donors (Lipinski definition) is 0. The van der Waals surface area contributed by atoms with E-state index in [4.69, 9.17) is 0 Å². The molecular formula is C8H13F3. The van der Waals surface area contributed by atoms with E-state index in [1.165, 1.54) is 0 Å². The molecule has 0 aromatic heterocycles. The molecule has 0 rings (SSSR count). The Morgan fingerprint density at radius 1 is 1.27 bits per heavy atom. The van der Waals surface area contributed by atoms with Crippen LogP contribution in [0, 0.1) is 0 Å². The first-order chi connectivity index (χ1) is 4.92. The Bertz CT molecular complexity index is 129. The van der Waals surface area contributed by atoms with Crippen LogP contribution >= 0.6 is 0 Å². The van der Waals surface area contributed by atoms with Gasteiger partial charge in [-0.25, -0.2) is 0 Å². The smallest absolute Gasteiger partial charge is 0.171 e. The number of unbranched alkanes of at least 4 members (excludes halogenated alkanes) is 1. The number of halogens is 3. The van der Waals surface area contributed by atoms with Crippen LogP contribution in [0.4, 0.5) is 13.2 Å². The molecule has 0 nitrogen and oxygen atoms in total. The molecule has 0 N–H and O–H groups in total. The largest absolute Gasteiger partial charge is 0.389 e. The first-order valence-corrected chi connectivity index (χ1v) is 3.62. The molecule has 11 heavy (non-hydrogen) atoms. The third kappa shape index (κ3) is 9.53. The minimum Gasteiger partial charge on any atom is -0.171 e. The van der Waals surface area contributed by atoms with Gasteiger partial charge in [-0.2, -0.15) is 13.2 Å². The van der Waals surface area contributed by atoms with Crippen LogP contribution in [0.15, 0.2) is 11.6 Å². The zero-order valence-electron chi connectivity index (χ0n) is 6.83. The SMILES string of the molecule is CC(C)=CCCCC(F)(F)F. The Morgan fingerprint density at radius 2 is 1.82 bits per heavy atom. The van der Waals surface area contributed by atoms with Crippen LogP contribution in [0.3, 0.4) is 0 Å². The van der Waals surface area contributed by atoms with Crippen molar-refractivity contribution in [3.8, 4) is 0 Å². The summed E-state index contributed by atoms with van der Waals surface area (Å²) >= 11 is 0. The van der Waals surface area contributed by atoms with Crippen molar-refractivity contribution in [1.29, 1.82) is 0 Å². The molecule has 0 spiro atoms. The maximum atomic E-state index is 11.6. The molecule has 0 aromatic rings. The second kappa shape index (κ2) is 4.42. The van der Waals surface area contributed by atoms with Crippen LogP contribution in [0.5, 0.6) is 0 Å². The van der Waals surface area contributed by atoms with E-state index in [1.807, 2.05) is 19.9 Å². The van der Waals surface area contributed by atoms with Crippen molar-refractivity contribution in [2.75, 3.05) is 0 Å². The van der Waals surface area contributed by atoms with Gasteiger partial charge in [0.25, 0.3) is 0 Å². The van der Waals surface area contributed by atoms with Crippen molar-refractivity contribution in [2.24, 2.45) is 0 Å². The van der Waals surface area contributed by atoms with E-state index in [2.05, 4.69) is 0 Å². The minimum absolute atomic E-state index is 0.203. The zero-order valence-corrected chi connectivity index (χ0v) is 6.83. The lowest BCUT2D eigenvalue weighted by molar-refractivity contribution is -0.135. The summed E-state index contributed by atoms with van der Waals surface area (Å²) in [6, 6.07) is 0. The van der Waals surface area contributed by atoms with E-state index in [0.29, 0.717) is 6.42 Å². The van der Waals surface area contributed by atoms with Gasteiger partial charge in [-0.05, 0) is 26.7 Å². The van der Waals surface area contributed by atoms with Crippen molar-refractivity contribution in [3.63, 3.8) is 0 Å². The molecule has 0 saturated carbocycles. The summed E-state index contributed by atoms with van der Waals surface area (Å²) in [4.78, 5) is 0. The molecule has 0 saturated heterocycles. The van der Waals surface area contributed by atoms with Gasteiger partial charge in [0.1, 0.15) is 0 Å². The number of allylic oxidation sites excluding steroid dienone is 2. The molecule has 0 radical (unpaired) electrons. The van der Waals surface area contributed by atoms with Crippen LogP contribution in [-0.4, -0.2) is 6.18 Å². The first kappa shape index (κ1) is 10.5. The van der Waals surface area contributed by atoms with E-state index in [9.17, 15) is 13.2 Å². The monoisotopic (exact) mass is 166 g/mol. The molecule has 0 aliphatic rings. The fourth-order valence-electron chi connectivity index (χ4n) is 0.693. The van der Waals surface area contributed by atoms with Crippen LogP contribution in [0.1, 0.15) is 33.1 Å². The maximum absolute atomic E-state index is 11.6. The van der Waals surface area contributed by atoms with Crippen molar-refractivity contribution >= 4 is 0 Å². The molecule has 0 unspecified atom stereocenters. The topological polar surface area (TPSA) is 0 Å². The van der Waals surface area contributed by atoms with Gasteiger partial charge in [0, 0.05) is 6.42 Å². The molecule has 0 fully saturated rings. The maximum Gasteiger partial charge on any atom is 0.389 e. The lowest BCUT2D eigenvalue weighted by Gasteiger charge is -2.03. The summed E-state index contributed by atoms with van der Waals surface area (Å²) in [6.07, 6.45) is -2.10. The lowest BCUT2D eigenvalue weighted by Crippen LogP contribution is -2.05. The van der Waals surface area contributed by atoms with Gasteiger partial charge in [0.05, 0.1) is 0 Å². The van der Waals surface area contributed by atoms with Crippen LogP contribution < -0.4 is 0 Å². The second-order valence-corrected chi connectivity index (χ2v) is 2.79. The first-order valence-electron chi connectivity index (χ1n) is 3.62. The third-order valence-electron chi connectivity index (χ3n) is 1.22. The van der Waals surface area contributed by atoms with E-state index < -0.39 is 12.6 Å². The molecule has 0 bridgehead atoms. The average molecular weight is 166 g/mol. The summed E-state index contributed by atoms with van der Waals surface area (Å²) in [5.74, 6) is 0. The number of alkyl halides is 3. The third-order valence-corrected chi connectivity index (χ3v) is 1.22. The summed E-state index contributed by atoms with van der Waals surface area (Å²) in [5.41, 5.74) is 1.08. The summed E-state index contributed by atoms with van der Waals surface area (Å²) in [5, 5.41) is 0. The van der Waals surface area contributed by atoms with E-state index in [0.717, 1.165) is 5.57 Å². The van der Waals surface area contributed by atoms with Gasteiger partial charge in [-0.1, -0.05) is 11.6 Å². The Labute approximate surface area is 65.1 Å². The van der Waals surface area contributed by atoms with Crippen LogP contribution in [0.25, 0.3) is 0 Å². The highest BCUT2D eigenvalue weighted by molar-refractivity contribution is 4.92. The molecule has 0 aliphatic carbocycles. The van der Waals surface area contributed by atoms with Gasteiger partial charge < -0.3 is 0 Å². The normalized spacial score (nSPS) is 11.4. The van der Waals surface area contributed by atoms with Crippen molar-refractivity contribution < 1.29 is 13.2 Å². The molecule has 0 heterocycles. The van der Waals surface area contributed by atoms with Gasteiger partial charge in [0.15, 0.2) is 0 Å². The fraction of sp³-hybridized carbons (Fsp3) is 0.750.